The van der Waals surface area contributed by atoms with Crippen molar-refractivity contribution in [3.8, 4) is 5.75 Å². The Bertz CT molecular complexity index is 353. The zero-order chi connectivity index (χ0) is 11.5. The first kappa shape index (κ1) is 11.7. The Morgan fingerprint density at radius 2 is 2.13 bits per heavy atom. The van der Waals surface area contributed by atoms with Crippen LogP contribution in [-0.4, -0.2) is 16.9 Å². The molecule has 15 heavy (non-hydrogen) atoms. The predicted octanol–water partition coefficient (Wildman–Crippen LogP) is 2.63. The number of nitrogens with zero attached hydrogens (tertiary/aromatic N) is 1. The summed E-state index contributed by atoms with van der Waals surface area (Å²) in [5, 5.41) is 0. The van der Waals surface area contributed by atoms with Gasteiger partial charge in [0.05, 0.1) is 6.20 Å². The van der Waals surface area contributed by atoms with E-state index >= 15 is 0 Å². The number of aldehydes is 1. The minimum Gasteiger partial charge on any atom is -0.486 e. The number of aryl methyl sites for hydroxylation is 1. The van der Waals surface area contributed by atoms with Gasteiger partial charge < -0.3 is 4.74 Å². The molecule has 0 aliphatic carbocycles. The highest BCUT2D eigenvalue weighted by Gasteiger charge is 2.14. The van der Waals surface area contributed by atoms with Crippen LogP contribution in [-0.2, 0) is 6.42 Å². The van der Waals surface area contributed by atoms with Gasteiger partial charge in [0, 0.05) is 0 Å². The van der Waals surface area contributed by atoms with Crippen molar-refractivity contribution >= 4 is 6.29 Å². The summed E-state index contributed by atoms with van der Waals surface area (Å²) in [6, 6.07) is 1.77. The van der Waals surface area contributed by atoms with Crippen molar-refractivity contribution in [3.63, 3.8) is 0 Å². The largest absolute Gasteiger partial charge is 0.486 e. The summed E-state index contributed by atoms with van der Waals surface area (Å²) >= 11 is 0. The number of hydrogen-bond donors (Lipinski definition) is 0. The number of hydrogen-bond acceptors (Lipinski definition) is 3. The van der Waals surface area contributed by atoms with Crippen molar-refractivity contribution in [2.24, 2.45) is 0 Å². The van der Waals surface area contributed by atoms with E-state index in [1.165, 1.54) is 0 Å². The number of ether oxygens (including phenoxy) is 1. The minimum absolute atomic E-state index is 0.242. The molecule has 0 amide bonds. The quantitative estimate of drug-likeness (QED) is 0.715. The maximum atomic E-state index is 10.6. The van der Waals surface area contributed by atoms with Crippen molar-refractivity contribution in [3.05, 3.63) is 23.5 Å². The molecule has 82 valence electrons. The normalized spacial score (nSPS) is 11.2. The molecule has 0 spiro atoms. The second-order valence-corrected chi connectivity index (χ2v) is 4.40. The molecule has 0 N–H and O–H groups in total. The fourth-order valence-electron chi connectivity index (χ4n) is 1.27. The molecule has 0 saturated carbocycles. The first-order valence-electron chi connectivity index (χ1n) is 5.09. The van der Waals surface area contributed by atoms with Crippen LogP contribution in [0.25, 0.3) is 0 Å². The third-order valence-corrected chi connectivity index (χ3v) is 1.89. The van der Waals surface area contributed by atoms with E-state index in [1.807, 2.05) is 27.7 Å². The van der Waals surface area contributed by atoms with Crippen LogP contribution in [0.1, 0.15) is 43.7 Å². The van der Waals surface area contributed by atoms with E-state index in [0.29, 0.717) is 5.69 Å². The molecule has 0 radical (unpaired) electrons. The lowest BCUT2D eigenvalue weighted by Gasteiger charge is -2.22. The molecule has 1 heterocycles. The lowest BCUT2D eigenvalue weighted by molar-refractivity contribution is 0.111. The third-order valence-electron chi connectivity index (χ3n) is 1.89. The van der Waals surface area contributed by atoms with Gasteiger partial charge in [0.25, 0.3) is 0 Å². The molecule has 3 heteroatoms. The molecule has 0 unspecified atom stereocenters. The third kappa shape index (κ3) is 3.35. The highest BCUT2D eigenvalue weighted by atomic mass is 16.5. The average Bonchev–Trinajstić information content (AvgIpc) is 2.16. The minimum atomic E-state index is -0.242. The zero-order valence-electron chi connectivity index (χ0n) is 9.70. The summed E-state index contributed by atoms with van der Waals surface area (Å²) in [7, 11) is 0. The number of carbonyl (C=O) groups excluding carboxylic acids is 1. The fourth-order valence-corrected chi connectivity index (χ4v) is 1.27. The molecule has 0 aliphatic heterocycles. The lowest BCUT2D eigenvalue weighted by Crippen LogP contribution is -2.23. The van der Waals surface area contributed by atoms with E-state index in [-0.39, 0.29) is 5.60 Å². The van der Waals surface area contributed by atoms with Gasteiger partial charge in [-0.15, -0.1) is 0 Å². The van der Waals surface area contributed by atoms with Gasteiger partial charge in [-0.25, -0.2) is 4.98 Å². The molecule has 0 atom stereocenters. The molecule has 0 saturated heterocycles. The van der Waals surface area contributed by atoms with E-state index in [9.17, 15) is 4.79 Å². The molecular weight excluding hydrogens is 190 g/mol. The van der Waals surface area contributed by atoms with E-state index in [1.54, 1.807) is 12.3 Å². The van der Waals surface area contributed by atoms with Gasteiger partial charge in [-0.2, -0.15) is 0 Å². The van der Waals surface area contributed by atoms with Gasteiger partial charge >= 0.3 is 0 Å². The van der Waals surface area contributed by atoms with Crippen molar-refractivity contribution in [1.82, 2.24) is 4.98 Å². The van der Waals surface area contributed by atoms with Crippen LogP contribution in [0.4, 0.5) is 0 Å². The second kappa shape index (κ2) is 4.43. The molecule has 0 bridgehead atoms. The number of pyridine rings is 1. The molecule has 0 fully saturated rings. The highest BCUT2D eigenvalue weighted by molar-refractivity contribution is 5.72. The van der Waals surface area contributed by atoms with E-state index in [4.69, 9.17) is 4.74 Å². The first-order valence-corrected chi connectivity index (χ1v) is 5.09. The van der Waals surface area contributed by atoms with Gasteiger partial charge in [-0.3, -0.25) is 4.79 Å². The monoisotopic (exact) mass is 207 g/mol. The van der Waals surface area contributed by atoms with Crippen molar-refractivity contribution in [1.29, 1.82) is 0 Å². The van der Waals surface area contributed by atoms with E-state index in [2.05, 4.69) is 4.98 Å². The van der Waals surface area contributed by atoms with Crippen LogP contribution in [0.3, 0.4) is 0 Å². The van der Waals surface area contributed by atoms with Gasteiger partial charge in [0.2, 0.25) is 0 Å². The second-order valence-electron chi connectivity index (χ2n) is 4.40. The summed E-state index contributed by atoms with van der Waals surface area (Å²) in [6.45, 7) is 7.99. The van der Waals surface area contributed by atoms with Crippen molar-refractivity contribution < 1.29 is 9.53 Å². The predicted molar refractivity (Wildman–Crippen MR) is 59.4 cm³/mol. The Morgan fingerprint density at radius 1 is 1.47 bits per heavy atom. The summed E-state index contributed by atoms with van der Waals surface area (Å²) in [4.78, 5) is 14.6. The van der Waals surface area contributed by atoms with Gasteiger partial charge in [-0.05, 0) is 38.8 Å². The average molecular weight is 207 g/mol. The Morgan fingerprint density at radius 3 is 2.60 bits per heavy atom. The topological polar surface area (TPSA) is 39.2 Å². The highest BCUT2D eigenvalue weighted by Crippen LogP contribution is 2.23. The zero-order valence-corrected chi connectivity index (χ0v) is 9.70. The Labute approximate surface area is 90.5 Å². The standard InChI is InChI=1S/C12H17NO2/c1-5-9-6-10(8-14)13-7-11(9)15-12(2,3)4/h6-8H,5H2,1-4H3. The van der Waals surface area contributed by atoms with Crippen LogP contribution in [0.5, 0.6) is 5.75 Å². The Hall–Kier alpha value is -1.38. The van der Waals surface area contributed by atoms with Crippen LogP contribution in [0, 0.1) is 0 Å². The maximum absolute atomic E-state index is 10.6. The SMILES string of the molecule is CCc1cc(C=O)ncc1OC(C)(C)C. The number of carbonyl (C=O) groups is 1. The van der Waals surface area contributed by atoms with Crippen LogP contribution in [0.15, 0.2) is 12.3 Å². The summed E-state index contributed by atoms with van der Waals surface area (Å²) in [5.41, 5.74) is 1.23. The molecule has 1 rings (SSSR count). The van der Waals surface area contributed by atoms with Gasteiger partial charge in [-0.1, -0.05) is 6.92 Å². The Balaban J connectivity index is 3.02. The molecule has 0 aliphatic rings. The van der Waals surface area contributed by atoms with E-state index < -0.39 is 0 Å². The molecule has 0 aromatic carbocycles. The molecule has 1 aromatic heterocycles. The van der Waals surface area contributed by atoms with Crippen LogP contribution < -0.4 is 4.74 Å². The van der Waals surface area contributed by atoms with Crippen LogP contribution >= 0.6 is 0 Å². The van der Waals surface area contributed by atoms with Crippen molar-refractivity contribution in [2.75, 3.05) is 0 Å². The van der Waals surface area contributed by atoms with Gasteiger partial charge in [0.15, 0.2) is 6.29 Å². The van der Waals surface area contributed by atoms with Crippen molar-refractivity contribution in [2.45, 2.75) is 39.7 Å². The van der Waals surface area contributed by atoms with E-state index in [0.717, 1.165) is 24.0 Å². The molecular formula is C12H17NO2. The number of rotatable bonds is 3. The summed E-state index contributed by atoms with van der Waals surface area (Å²) in [5.74, 6) is 0.760. The smallest absolute Gasteiger partial charge is 0.168 e. The van der Waals surface area contributed by atoms with Gasteiger partial charge in [0.1, 0.15) is 17.0 Å². The number of aromatic nitrogens is 1. The van der Waals surface area contributed by atoms with Crippen LogP contribution in [0.2, 0.25) is 0 Å². The summed E-state index contributed by atoms with van der Waals surface area (Å²) < 4.78 is 5.74. The molecule has 1 aromatic rings. The lowest BCUT2D eigenvalue weighted by atomic mass is 10.1. The molecule has 3 nitrogen and oxygen atoms in total. The fraction of sp³-hybridized carbons (Fsp3) is 0.500. The Kier molecular flexibility index (Phi) is 3.45. The maximum Gasteiger partial charge on any atom is 0.168 e. The first-order chi connectivity index (χ1) is 6.96. The summed E-state index contributed by atoms with van der Waals surface area (Å²) in [6.07, 6.45) is 3.20.